The summed E-state index contributed by atoms with van der Waals surface area (Å²) >= 11 is 6.12. The van der Waals surface area contributed by atoms with Crippen molar-refractivity contribution in [1.82, 2.24) is 25.5 Å². The lowest BCUT2D eigenvalue weighted by Gasteiger charge is -2.10. The monoisotopic (exact) mass is 387 g/mol. The van der Waals surface area contributed by atoms with Gasteiger partial charge in [0.2, 0.25) is 11.7 Å². The van der Waals surface area contributed by atoms with E-state index in [-0.39, 0.29) is 12.5 Å². The van der Waals surface area contributed by atoms with Crippen LogP contribution in [0.4, 0.5) is 0 Å². The van der Waals surface area contributed by atoms with Crippen LogP contribution in [0.2, 0.25) is 5.02 Å². The van der Waals surface area contributed by atoms with Crippen LogP contribution in [0.3, 0.4) is 0 Å². The Labute approximate surface area is 161 Å². The summed E-state index contributed by atoms with van der Waals surface area (Å²) < 4.78 is 10.4. The van der Waals surface area contributed by atoms with E-state index < -0.39 is 0 Å². The van der Waals surface area contributed by atoms with E-state index in [0.29, 0.717) is 34.5 Å². The molecule has 3 aromatic rings. The summed E-state index contributed by atoms with van der Waals surface area (Å²) in [5, 5.41) is 15.4. The molecule has 0 radical (unpaired) electrons. The van der Waals surface area contributed by atoms with Gasteiger partial charge < -0.3 is 14.8 Å². The van der Waals surface area contributed by atoms with Crippen LogP contribution in [0.1, 0.15) is 5.56 Å². The molecule has 9 heteroatoms. The summed E-state index contributed by atoms with van der Waals surface area (Å²) in [5.74, 6) is 1.36. The molecule has 2 aromatic carbocycles. The van der Waals surface area contributed by atoms with E-state index in [1.807, 2.05) is 24.3 Å². The number of rotatable bonds is 7. The van der Waals surface area contributed by atoms with Crippen molar-refractivity contribution < 1.29 is 14.3 Å². The molecule has 0 aliphatic rings. The van der Waals surface area contributed by atoms with E-state index in [9.17, 15) is 4.79 Å². The zero-order valence-electron chi connectivity index (χ0n) is 14.8. The lowest BCUT2D eigenvalue weighted by molar-refractivity contribution is -0.122. The molecule has 1 heterocycles. The average Bonchev–Trinajstić information content (AvgIpc) is 3.14. The van der Waals surface area contributed by atoms with Crippen LogP contribution in [0, 0.1) is 0 Å². The van der Waals surface area contributed by atoms with Crippen LogP contribution in [-0.4, -0.2) is 40.3 Å². The van der Waals surface area contributed by atoms with E-state index in [1.54, 1.807) is 32.4 Å². The maximum Gasteiger partial charge on any atom is 0.243 e. The van der Waals surface area contributed by atoms with Crippen molar-refractivity contribution >= 4 is 17.5 Å². The normalized spacial score (nSPS) is 10.5. The third-order valence-electron chi connectivity index (χ3n) is 3.79. The van der Waals surface area contributed by atoms with Crippen LogP contribution in [0.15, 0.2) is 42.5 Å². The van der Waals surface area contributed by atoms with Crippen LogP contribution < -0.4 is 14.8 Å². The first-order valence-electron chi connectivity index (χ1n) is 8.11. The Kier molecular flexibility index (Phi) is 5.87. The standard InChI is InChI=1S/C18H18ClN5O3/c1-26-15-8-7-12(9-16(15)27-2)10-20-17(25)11-24-22-18(21-23-24)13-5-3-4-6-14(13)19/h3-9H,10-11H2,1-2H3,(H,20,25). The Hall–Kier alpha value is -3.13. The van der Waals surface area contributed by atoms with Gasteiger partial charge in [-0.15, -0.1) is 10.2 Å². The number of carbonyl (C=O) groups is 1. The lowest BCUT2D eigenvalue weighted by atomic mass is 10.2. The molecule has 0 aliphatic carbocycles. The zero-order chi connectivity index (χ0) is 19.2. The van der Waals surface area contributed by atoms with E-state index in [2.05, 4.69) is 20.7 Å². The first-order valence-corrected chi connectivity index (χ1v) is 8.49. The molecule has 0 atom stereocenters. The number of tetrazole rings is 1. The van der Waals surface area contributed by atoms with Crippen molar-refractivity contribution in [2.75, 3.05) is 14.2 Å². The van der Waals surface area contributed by atoms with E-state index in [0.717, 1.165) is 5.56 Å². The summed E-state index contributed by atoms with van der Waals surface area (Å²) in [4.78, 5) is 13.4. The van der Waals surface area contributed by atoms with Gasteiger partial charge in [-0.3, -0.25) is 4.79 Å². The number of aromatic nitrogens is 4. The molecule has 0 spiro atoms. The number of ether oxygens (including phenoxy) is 2. The second-order valence-corrected chi connectivity index (χ2v) is 6.00. The van der Waals surface area contributed by atoms with Gasteiger partial charge in [0.15, 0.2) is 11.5 Å². The fourth-order valence-corrected chi connectivity index (χ4v) is 2.66. The minimum absolute atomic E-state index is 0.0509. The zero-order valence-corrected chi connectivity index (χ0v) is 15.6. The molecule has 0 aliphatic heterocycles. The number of benzene rings is 2. The first-order chi connectivity index (χ1) is 13.1. The van der Waals surface area contributed by atoms with Crippen molar-refractivity contribution in [1.29, 1.82) is 0 Å². The van der Waals surface area contributed by atoms with Crippen molar-refractivity contribution in [2.45, 2.75) is 13.1 Å². The predicted octanol–water partition coefficient (Wildman–Crippen LogP) is 2.33. The predicted molar refractivity (Wildman–Crippen MR) is 99.7 cm³/mol. The number of carbonyl (C=O) groups excluding carboxylic acids is 1. The maximum absolute atomic E-state index is 12.2. The Balaban J connectivity index is 1.60. The first kappa shape index (κ1) is 18.7. The number of halogens is 1. The summed E-state index contributed by atoms with van der Waals surface area (Å²) in [7, 11) is 3.13. The van der Waals surface area contributed by atoms with Gasteiger partial charge in [0.1, 0.15) is 6.54 Å². The SMILES string of the molecule is COc1ccc(CNC(=O)Cn2nnc(-c3ccccc3Cl)n2)cc1OC. The number of hydrogen-bond donors (Lipinski definition) is 1. The summed E-state index contributed by atoms with van der Waals surface area (Å²) in [5.41, 5.74) is 1.54. The van der Waals surface area contributed by atoms with Crippen LogP contribution in [0.25, 0.3) is 11.4 Å². The van der Waals surface area contributed by atoms with Crippen molar-refractivity contribution in [3.05, 3.63) is 53.1 Å². The maximum atomic E-state index is 12.2. The molecule has 0 bridgehead atoms. The van der Waals surface area contributed by atoms with E-state index >= 15 is 0 Å². The summed E-state index contributed by atoms with van der Waals surface area (Å²) in [6.07, 6.45) is 0. The smallest absolute Gasteiger partial charge is 0.243 e. The third kappa shape index (κ3) is 4.53. The number of nitrogens with zero attached hydrogens (tertiary/aromatic N) is 4. The molecule has 8 nitrogen and oxygen atoms in total. The van der Waals surface area contributed by atoms with Gasteiger partial charge in [-0.05, 0) is 35.0 Å². The Morgan fingerprint density at radius 1 is 1.15 bits per heavy atom. The van der Waals surface area contributed by atoms with Gasteiger partial charge in [-0.1, -0.05) is 29.8 Å². The molecule has 1 N–H and O–H groups in total. The lowest BCUT2D eigenvalue weighted by Crippen LogP contribution is -2.28. The molecule has 0 fully saturated rings. The average molecular weight is 388 g/mol. The highest BCUT2D eigenvalue weighted by molar-refractivity contribution is 6.33. The van der Waals surface area contributed by atoms with Crippen LogP contribution >= 0.6 is 11.6 Å². The Morgan fingerprint density at radius 2 is 1.93 bits per heavy atom. The van der Waals surface area contributed by atoms with Crippen LogP contribution in [0.5, 0.6) is 11.5 Å². The largest absolute Gasteiger partial charge is 0.493 e. The second kappa shape index (κ2) is 8.50. The van der Waals surface area contributed by atoms with Gasteiger partial charge >= 0.3 is 0 Å². The van der Waals surface area contributed by atoms with E-state index in [4.69, 9.17) is 21.1 Å². The Bertz CT molecular complexity index is 944. The third-order valence-corrected chi connectivity index (χ3v) is 4.12. The van der Waals surface area contributed by atoms with Gasteiger partial charge in [0.05, 0.1) is 19.2 Å². The van der Waals surface area contributed by atoms with Gasteiger partial charge in [0, 0.05) is 12.1 Å². The summed E-state index contributed by atoms with van der Waals surface area (Å²) in [6.45, 7) is 0.288. The number of hydrogen-bond acceptors (Lipinski definition) is 6. The molecular formula is C18H18ClN5O3. The molecule has 0 saturated heterocycles. The van der Waals surface area contributed by atoms with Gasteiger partial charge in [0.25, 0.3) is 0 Å². The number of nitrogens with one attached hydrogen (secondary N) is 1. The minimum Gasteiger partial charge on any atom is -0.493 e. The molecular weight excluding hydrogens is 370 g/mol. The molecule has 0 saturated carbocycles. The fraction of sp³-hybridized carbons (Fsp3) is 0.222. The highest BCUT2D eigenvalue weighted by Gasteiger charge is 2.12. The van der Waals surface area contributed by atoms with E-state index in [1.165, 1.54) is 4.80 Å². The highest BCUT2D eigenvalue weighted by Crippen LogP contribution is 2.27. The van der Waals surface area contributed by atoms with Crippen molar-refractivity contribution in [3.8, 4) is 22.9 Å². The number of methoxy groups -OCH3 is 2. The topological polar surface area (TPSA) is 91.2 Å². The van der Waals surface area contributed by atoms with Crippen molar-refractivity contribution in [2.24, 2.45) is 0 Å². The molecule has 1 amide bonds. The minimum atomic E-state index is -0.243. The van der Waals surface area contributed by atoms with Crippen molar-refractivity contribution in [3.63, 3.8) is 0 Å². The fourth-order valence-electron chi connectivity index (χ4n) is 2.44. The van der Waals surface area contributed by atoms with Crippen LogP contribution in [-0.2, 0) is 17.9 Å². The number of amides is 1. The molecule has 140 valence electrons. The second-order valence-electron chi connectivity index (χ2n) is 5.59. The quantitative estimate of drug-likeness (QED) is 0.669. The molecule has 3 rings (SSSR count). The van der Waals surface area contributed by atoms with Gasteiger partial charge in [-0.25, -0.2) is 0 Å². The molecule has 27 heavy (non-hydrogen) atoms. The molecule has 0 unspecified atom stereocenters. The molecule has 1 aromatic heterocycles. The van der Waals surface area contributed by atoms with Gasteiger partial charge in [-0.2, -0.15) is 4.80 Å². The Morgan fingerprint density at radius 3 is 2.67 bits per heavy atom. The highest BCUT2D eigenvalue weighted by atomic mass is 35.5. The summed E-state index contributed by atoms with van der Waals surface area (Å²) in [6, 6.07) is 12.6.